The second kappa shape index (κ2) is 2.72. The van der Waals surface area contributed by atoms with Gasteiger partial charge in [0.2, 0.25) is 0 Å². The fourth-order valence-electron chi connectivity index (χ4n) is 0.613. The number of hydrogen-bond acceptors (Lipinski definition) is 2. The maximum absolute atomic E-state index is 8.43. The zero-order valence-corrected chi connectivity index (χ0v) is 6.72. The van der Waals surface area contributed by atoms with Crippen LogP contribution in [0.5, 0.6) is 0 Å². The van der Waals surface area contributed by atoms with Crippen LogP contribution in [-0.4, -0.2) is 0 Å². The maximum Gasteiger partial charge on any atom is 0.0992 e. The molecule has 0 saturated carbocycles. The molecule has 2 nitrogen and oxygen atoms in total. The summed E-state index contributed by atoms with van der Waals surface area (Å²) in [6.07, 6.45) is 0. The van der Waals surface area contributed by atoms with Gasteiger partial charge in [-0.25, -0.2) is 0 Å². The van der Waals surface area contributed by atoms with Crippen molar-refractivity contribution in [3.63, 3.8) is 0 Å². The highest BCUT2D eigenvalue weighted by molar-refractivity contribution is 9.10. The van der Waals surface area contributed by atoms with Gasteiger partial charge in [-0.1, -0.05) is 0 Å². The van der Waals surface area contributed by atoms with E-state index < -0.39 is 0 Å². The average Bonchev–Trinajstić information content (AvgIpc) is 1.95. The predicted octanol–water partition coefficient (Wildman–Crippen LogP) is 1.90. The third-order valence-electron chi connectivity index (χ3n) is 1.13. The summed E-state index contributed by atoms with van der Waals surface area (Å²) in [6, 6.07) is 7.09. The van der Waals surface area contributed by atoms with Gasteiger partial charge >= 0.3 is 0 Å². The van der Waals surface area contributed by atoms with Crippen LogP contribution < -0.4 is 5.73 Å². The van der Waals surface area contributed by atoms with Gasteiger partial charge in [0.05, 0.1) is 11.6 Å². The number of benzene rings is 1. The van der Waals surface area contributed by atoms with Crippen LogP contribution in [0.4, 0.5) is 5.69 Å². The lowest BCUT2D eigenvalue weighted by atomic mass is 10.2. The van der Waals surface area contributed by atoms with E-state index in [2.05, 4.69) is 15.9 Å². The van der Waals surface area contributed by atoms with E-state index in [0.29, 0.717) is 11.3 Å². The Balaban J connectivity index is 3.20. The minimum atomic E-state index is 0.584. The summed E-state index contributed by atoms with van der Waals surface area (Å²) in [5.74, 6) is 0. The highest BCUT2D eigenvalue weighted by Crippen LogP contribution is 2.19. The summed E-state index contributed by atoms with van der Waals surface area (Å²) in [5, 5.41) is 8.43. The lowest BCUT2D eigenvalue weighted by Gasteiger charge is -1.95. The fraction of sp³-hybridized carbons (Fsp3) is 0. The molecule has 2 N–H and O–H groups in total. The van der Waals surface area contributed by atoms with Crippen molar-refractivity contribution in [1.29, 1.82) is 5.26 Å². The monoisotopic (exact) mass is 196 g/mol. The number of nitrogen functional groups attached to an aromatic ring is 1. The van der Waals surface area contributed by atoms with Crippen molar-refractivity contribution in [3.8, 4) is 6.07 Å². The molecule has 0 unspecified atom stereocenters. The molecule has 0 atom stereocenters. The van der Waals surface area contributed by atoms with Crippen molar-refractivity contribution in [2.45, 2.75) is 0 Å². The van der Waals surface area contributed by atoms with Crippen LogP contribution >= 0.6 is 15.9 Å². The Hall–Kier alpha value is -1.01. The number of rotatable bonds is 0. The SMILES string of the molecule is N#Cc1ccc(Br)c(N)c1. The molecule has 0 fully saturated rings. The topological polar surface area (TPSA) is 49.8 Å². The summed E-state index contributed by atoms with van der Waals surface area (Å²) < 4.78 is 0.825. The molecule has 0 spiro atoms. The van der Waals surface area contributed by atoms with Crippen molar-refractivity contribution in [2.24, 2.45) is 0 Å². The Bertz CT molecular complexity index is 288. The van der Waals surface area contributed by atoms with E-state index in [0.717, 1.165) is 4.47 Å². The summed E-state index contributed by atoms with van der Waals surface area (Å²) in [7, 11) is 0. The molecule has 0 bridgehead atoms. The van der Waals surface area contributed by atoms with Crippen LogP contribution in [0.25, 0.3) is 0 Å². The van der Waals surface area contributed by atoms with Crippen LogP contribution in [0.2, 0.25) is 0 Å². The number of halogens is 1. The lowest BCUT2D eigenvalue weighted by Crippen LogP contribution is -1.86. The third kappa shape index (κ3) is 1.28. The predicted molar refractivity (Wildman–Crippen MR) is 43.3 cm³/mol. The number of anilines is 1. The molecular weight excluding hydrogens is 192 g/mol. The molecule has 0 saturated heterocycles. The molecule has 0 amide bonds. The molecule has 0 heterocycles. The number of nitrogens with two attached hydrogens (primary N) is 1. The second-order valence-electron chi connectivity index (χ2n) is 1.85. The molecule has 0 radical (unpaired) electrons. The highest BCUT2D eigenvalue weighted by Gasteiger charge is 1.94. The standard InChI is InChI=1S/C7H5BrN2/c8-6-2-1-5(4-9)3-7(6)10/h1-3H,10H2. The fourth-order valence-corrected chi connectivity index (χ4v) is 0.860. The summed E-state index contributed by atoms with van der Waals surface area (Å²) in [6.45, 7) is 0. The first kappa shape index (κ1) is 7.10. The molecule has 3 heteroatoms. The van der Waals surface area contributed by atoms with E-state index >= 15 is 0 Å². The van der Waals surface area contributed by atoms with Gasteiger partial charge in [0, 0.05) is 10.2 Å². The van der Waals surface area contributed by atoms with Crippen LogP contribution in [-0.2, 0) is 0 Å². The van der Waals surface area contributed by atoms with Crippen molar-refractivity contribution < 1.29 is 0 Å². The van der Waals surface area contributed by atoms with Crippen molar-refractivity contribution in [3.05, 3.63) is 28.2 Å². The molecule has 0 aliphatic heterocycles. The molecule has 1 aromatic rings. The Kier molecular flexibility index (Phi) is 1.93. The van der Waals surface area contributed by atoms with E-state index in [1.165, 1.54) is 0 Å². The number of hydrogen-bond donors (Lipinski definition) is 1. The Morgan fingerprint density at radius 1 is 1.50 bits per heavy atom. The van der Waals surface area contributed by atoms with E-state index in [1.54, 1.807) is 18.2 Å². The summed E-state index contributed by atoms with van der Waals surface area (Å²) in [4.78, 5) is 0. The van der Waals surface area contributed by atoms with E-state index in [-0.39, 0.29) is 0 Å². The Labute approximate surface area is 67.4 Å². The van der Waals surface area contributed by atoms with Gasteiger partial charge < -0.3 is 5.73 Å². The van der Waals surface area contributed by atoms with Gasteiger partial charge in [-0.05, 0) is 34.1 Å². The molecule has 0 aromatic heterocycles. The highest BCUT2D eigenvalue weighted by atomic mass is 79.9. The lowest BCUT2D eigenvalue weighted by molar-refractivity contribution is 1.48. The van der Waals surface area contributed by atoms with E-state index in [1.807, 2.05) is 6.07 Å². The molecule has 0 aliphatic carbocycles. The minimum Gasteiger partial charge on any atom is -0.398 e. The average molecular weight is 197 g/mol. The maximum atomic E-state index is 8.43. The normalized spacial score (nSPS) is 8.80. The van der Waals surface area contributed by atoms with E-state index in [9.17, 15) is 0 Å². The molecule has 1 aromatic carbocycles. The molecule has 1 rings (SSSR count). The smallest absolute Gasteiger partial charge is 0.0992 e. The van der Waals surface area contributed by atoms with E-state index in [4.69, 9.17) is 11.0 Å². The zero-order chi connectivity index (χ0) is 7.56. The van der Waals surface area contributed by atoms with Crippen molar-refractivity contribution in [2.75, 3.05) is 5.73 Å². The van der Waals surface area contributed by atoms with Crippen LogP contribution in [0, 0.1) is 11.3 Å². The van der Waals surface area contributed by atoms with Crippen LogP contribution in [0.3, 0.4) is 0 Å². The van der Waals surface area contributed by atoms with Gasteiger partial charge in [-0.15, -0.1) is 0 Å². The first-order valence-electron chi connectivity index (χ1n) is 2.69. The van der Waals surface area contributed by atoms with Gasteiger partial charge in [0.15, 0.2) is 0 Å². The van der Waals surface area contributed by atoms with Gasteiger partial charge in [-0.3, -0.25) is 0 Å². The molecular formula is C7H5BrN2. The molecule has 0 aliphatic rings. The van der Waals surface area contributed by atoms with Gasteiger partial charge in [-0.2, -0.15) is 5.26 Å². The Morgan fingerprint density at radius 3 is 2.70 bits per heavy atom. The van der Waals surface area contributed by atoms with Gasteiger partial charge in [0.1, 0.15) is 0 Å². The largest absolute Gasteiger partial charge is 0.398 e. The number of nitriles is 1. The third-order valence-corrected chi connectivity index (χ3v) is 1.85. The summed E-state index contributed by atoms with van der Waals surface area (Å²) in [5.41, 5.74) is 6.68. The minimum absolute atomic E-state index is 0.584. The first-order chi connectivity index (χ1) is 4.74. The van der Waals surface area contributed by atoms with Crippen molar-refractivity contribution in [1.82, 2.24) is 0 Å². The second-order valence-corrected chi connectivity index (χ2v) is 2.70. The van der Waals surface area contributed by atoms with Crippen LogP contribution in [0.15, 0.2) is 22.7 Å². The molecule has 50 valence electrons. The summed E-state index contributed by atoms with van der Waals surface area (Å²) >= 11 is 3.22. The van der Waals surface area contributed by atoms with Crippen molar-refractivity contribution >= 4 is 21.6 Å². The zero-order valence-electron chi connectivity index (χ0n) is 5.13. The quantitative estimate of drug-likeness (QED) is 0.645. The molecule has 10 heavy (non-hydrogen) atoms. The Morgan fingerprint density at radius 2 is 2.20 bits per heavy atom. The van der Waals surface area contributed by atoms with Crippen LogP contribution in [0.1, 0.15) is 5.56 Å². The number of nitrogens with zero attached hydrogens (tertiary/aromatic N) is 1. The van der Waals surface area contributed by atoms with Gasteiger partial charge in [0.25, 0.3) is 0 Å². The first-order valence-corrected chi connectivity index (χ1v) is 3.48.